The van der Waals surface area contributed by atoms with E-state index in [0.717, 1.165) is 13.2 Å². The van der Waals surface area contributed by atoms with Gasteiger partial charge in [-0.15, -0.1) is 0 Å². The van der Waals surface area contributed by atoms with E-state index in [1.54, 1.807) is 24.3 Å². The average Bonchev–Trinajstić information content (AvgIpc) is 2.50. The van der Waals surface area contributed by atoms with Crippen LogP contribution in [0.15, 0.2) is 36.4 Å². The summed E-state index contributed by atoms with van der Waals surface area (Å²) in [5, 5.41) is 11.3. The molecule has 0 radical (unpaired) electrons. The van der Waals surface area contributed by atoms with E-state index in [9.17, 15) is 14.9 Å². The molecule has 2 aromatic rings. The molecular formula is C14H9Cl2NO5. The lowest BCUT2D eigenvalue weighted by molar-refractivity contribution is -0.385. The van der Waals surface area contributed by atoms with E-state index in [-0.39, 0.29) is 16.3 Å². The highest BCUT2D eigenvalue weighted by Gasteiger charge is 2.27. The summed E-state index contributed by atoms with van der Waals surface area (Å²) in [4.78, 5) is 22.0. The number of nitro groups is 1. The predicted octanol–water partition coefficient (Wildman–Crippen LogP) is 4.48. The molecule has 0 amide bonds. The Balaban J connectivity index is 2.47. The third-order valence-corrected chi connectivity index (χ3v) is 3.34. The molecule has 0 N–H and O–H groups in total. The summed E-state index contributed by atoms with van der Waals surface area (Å²) in [6.45, 7) is 0. The van der Waals surface area contributed by atoms with E-state index >= 15 is 0 Å². The van der Waals surface area contributed by atoms with E-state index in [1.165, 1.54) is 6.07 Å². The van der Waals surface area contributed by atoms with Gasteiger partial charge in [-0.05, 0) is 30.3 Å². The number of halogens is 2. The normalized spacial score (nSPS) is 10.1. The Kier molecular flexibility index (Phi) is 4.85. The van der Waals surface area contributed by atoms with Crippen molar-refractivity contribution in [3.05, 3.63) is 62.1 Å². The molecule has 0 spiro atoms. The Labute approximate surface area is 135 Å². The van der Waals surface area contributed by atoms with Gasteiger partial charge in [0, 0.05) is 11.1 Å². The topological polar surface area (TPSA) is 78.7 Å². The number of nitrogens with zero attached hydrogens (tertiary/aromatic N) is 1. The smallest absolute Gasteiger partial charge is 0.346 e. The Morgan fingerprint density at radius 1 is 1.14 bits per heavy atom. The maximum atomic E-state index is 11.7. The summed E-state index contributed by atoms with van der Waals surface area (Å²) >= 11 is 11.8. The lowest BCUT2D eigenvalue weighted by Gasteiger charge is -2.10. The summed E-state index contributed by atoms with van der Waals surface area (Å²) in [5.74, 6) is -0.413. The van der Waals surface area contributed by atoms with Gasteiger partial charge < -0.3 is 9.47 Å². The number of esters is 1. The minimum Gasteiger partial charge on any atom is -0.465 e. The number of carbonyl (C=O) groups is 1. The van der Waals surface area contributed by atoms with E-state index in [1.807, 2.05) is 0 Å². The van der Waals surface area contributed by atoms with E-state index in [0.29, 0.717) is 10.8 Å². The standard InChI is InChI=1S/C14H9Cl2NO5/c1-21-14(18)12-10(17(19)20)6-7-11(13(12)16)22-9-4-2-8(15)3-5-9/h2-7H,1H3. The maximum Gasteiger partial charge on any atom is 0.346 e. The van der Waals surface area contributed by atoms with Gasteiger partial charge in [0.15, 0.2) is 5.56 Å². The third-order valence-electron chi connectivity index (χ3n) is 2.71. The first-order valence-electron chi connectivity index (χ1n) is 5.92. The zero-order valence-corrected chi connectivity index (χ0v) is 12.7. The van der Waals surface area contributed by atoms with Crippen LogP contribution in [0, 0.1) is 10.1 Å². The highest BCUT2D eigenvalue weighted by Crippen LogP contribution is 2.37. The molecule has 0 saturated carbocycles. The first-order chi connectivity index (χ1) is 10.4. The van der Waals surface area contributed by atoms with E-state index in [4.69, 9.17) is 27.9 Å². The highest BCUT2D eigenvalue weighted by molar-refractivity contribution is 6.35. The molecular weight excluding hydrogens is 333 g/mol. The average molecular weight is 342 g/mol. The highest BCUT2D eigenvalue weighted by atomic mass is 35.5. The van der Waals surface area contributed by atoms with Crippen LogP contribution in [0.3, 0.4) is 0 Å². The number of hydrogen-bond donors (Lipinski definition) is 0. The number of carbonyl (C=O) groups excluding carboxylic acids is 1. The second-order valence-electron chi connectivity index (χ2n) is 4.08. The van der Waals surface area contributed by atoms with Crippen LogP contribution in [0.25, 0.3) is 0 Å². The van der Waals surface area contributed by atoms with Gasteiger partial charge in [0.2, 0.25) is 0 Å². The van der Waals surface area contributed by atoms with Gasteiger partial charge in [-0.25, -0.2) is 4.79 Å². The molecule has 8 heteroatoms. The fourth-order valence-corrected chi connectivity index (χ4v) is 2.11. The summed E-state index contributed by atoms with van der Waals surface area (Å²) in [5.41, 5.74) is -0.819. The van der Waals surface area contributed by atoms with Crippen molar-refractivity contribution < 1.29 is 19.2 Å². The van der Waals surface area contributed by atoms with Gasteiger partial charge in [0.25, 0.3) is 5.69 Å². The van der Waals surface area contributed by atoms with Crippen molar-refractivity contribution in [2.24, 2.45) is 0 Å². The molecule has 0 bridgehead atoms. The molecule has 114 valence electrons. The van der Waals surface area contributed by atoms with Gasteiger partial charge in [-0.1, -0.05) is 23.2 Å². The van der Waals surface area contributed by atoms with E-state index in [2.05, 4.69) is 4.74 Å². The number of ether oxygens (including phenoxy) is 2. The summed E-state index contributed by atoms with van der Waals surface area (Å²) in [7, 11) is 1.11. The SMILES string of the molecule is COC(=O)c1c([N+](=O)[O-])ccc(Oc2ccc(Cl)cc2)c1Cl. The van der Waals surface area contributed by atoms with Gasteiger partial charge in [-0.3, -0.25) is 10.1 Å². The number of rotatable bonds is 4. The fraction of sp³-hybridized carbons (Fsp3) is 0.0714. The van der Waals surface area contributed by atoms with Gasteiger partial charge in [0.05, 0.1) is 12.0 Å². The molecule has 6 nitrogen and oxygen atoms in total. The van der Waals surface area contributed by atoms with Crippen molar-refractivity contribution in [2.75, 3.05) is 7.11 Å². The van der Waals surface area contributed by atoms with Crippen LogP contribution >= 0.6 is 23.2 Å². The summed E-state index contributed by atoms with van der Waals surface area (Å²) < 4.78 is 10.0. The van der Waals surface area contributed by atoms with Crippen LogP contribution in [0.2, 0.25) is 10.0 Å². The predicted molar refractivity (Wildman–Crippen MR) is 81.0 cm³/mol. The number of hydrogen-bond acceptors (Lipinski definition) is 5. The first kappa shape index (κ1) is 16.1. The van der Waals surface area contributed by atoms with Crippen LogP contribution in [0.1, 0.15) is 10.4 Å². The monoisotopic (exact) mass is 341 g/mol. The lowest BCUT2D eigenvalue weighted by Crippen LogP contribution is -2.07. The van der Waals surface area contributed by atoms with Gasteiger partial charge in [0.1, 0.15) is 16.5 Å². The molecule has 0 aliphatic carbocycles. The molecule has 0 saturated heterocycles. The lowest BCUT2D eigenvalue weighted by atomic mass is 10.1. The van der Waals surface area contributed by atoms with Crippen molar-refractivity contribution >= 4 is 34.9 Å². The Bertz CT molecular complexity index is 731. The Morgan fingerprint density at radius 2 is 1.77 bits per heavy atom. The van der Waals surface area contributed by atoms with Crippen LogP contribution in [-0.4, -0.2) is 18.0 Å². The third kappa shape index (κ3) is 3.29. The van der Waals surface area contributed by atoms with Gasteiger partial charge >= 0.3 is 5.97 Å². The number of nitro benzene ring substituents is 1. The van der Waals surface area contributed by atoms with Crippen molar-refractivity contribution in [1.29, 1.82) is 0 Å². The molecule has 22 heavy (non-hydrogen) atoms. The summed E-state index contributed by atoms with van der Waals surface area (Å²) in [6, 6.07) is 8.84. The zero-order chi connectivity index (χ0) is 16.3. The molecule has 2 rings (SSSR count). The van der Waals surface area contributed by atoms with Crippen molar-refractivity contribution in [3.63, 3.8) is 0 Å². The Morgan fingerprint density at radius 3 is 2.32 bits per heavy atom. The molecule has 0 heterocycles. The number of benzene rings is 2. The molecule has 0 aromatic heterocycles. The maximum absolute atomic E-state index is 11.7. The number of methoxy groups -OCH3 is 1. The second kappa shape index (κ2) is 6.64. The quantitative estimate of drug-likeness (QED) is 0.465. The second-order valence-corrected chi connectivity index (χ2v) is 4.89. The molecule has 0 aliphatic rings. The van der Waals surface area contributed by atoms with Crippen LogP contribution < -0.4 is 4.74 Å². The minimum absolute atomic E-state index is 0.0926. The van der Waals surface area contributed by atoms with Crippen molar-refractivity contribution in [3.8, 4) is 11.5 Å². The molecule has 0 aliphatic heterocycles. The fourth-order valence-electron chi connectivity index (χ4n) is 1.70. The Hall–Kier alpha value is -2.31. The van der Waals surface area contributed by atoms with E-state index < -0.39 is 16.6 Å². The summed E-state index contributed by atoms with van der Waals surface area (Å²) in [6.07, 6.45) is 0. The molecule has 0 unspecified atom stereocenters. The van der Waals surface area contributed by atoms with Crippen LogP contribution in [0.5, 0.6) is 11.5 Å². The van der Waals surface area contributed by atoms with Crippen LogP contribution in [-0.2, 0) is 4.74 Å². The van der Waals surface area contributed by atoms with Crippen LogP contribution in [0.4, 0.5) is 5.69 Å². The first-order valence-corrected chi connectivity index (χ1v) is 6.68. The molecule has 2 aromatic carbocycles. The van der Waals surface area contributed by atoms with Gasteiger partial charge in [-0.2, -0.15) is 0 Å². The molecule has 0 fully saturated rings. The molecule has 0 atom stereocenters. The zero-order valence-electron chi connectivity index (χ0n) is 11.2. The minimum atomic E-state index is -0.918. The largest absolute Gasteiger partial charge is 0.465 e. The van der Waals surface area contributed by atoms with Crippen molar-refractivity contribution in [1.82, 2.24) is 0 Å². The van der Waals surface area contributed by atoms with Crippen molar-refractivity contribution in [2.45, 2.75) is 0 Å².